The van der Waals surface area contributed by atoms with Gasteiger partial charge in [-0.3, -0.25) is 4.98 Å². The number of aromatic nitrogens is 1. The summed E-state index contributed by atoms with van der Waals surface area (Å²) in [7, 11) is 0. The molecule has 0 fully saturated rings. The van der Waals surface area contributed by atoms with Gasteiger partial charge >= 0.3 is 6.09 Å². The molecule has 5 nitrogen and oxygen atoms in total. The Morgan fingerprint density at radius 3 is 2.56 bits per heavy atom. The summed E-state index contributed by atoms with van der Waals surface area (Å²) >= 11 is 0. The van der Waals surface area contributed by atoms with Crippen LogP contribution in [-0.2, 0) is 11.3 Å². The van der Waals surface area contributed by atoms with Gasteiger partial charge in [0, 0.05) is 32.0 Å². The number of amides is 1. The van der Waals surface area contributed by atoms with Crippen LogP contribution in [0.3, 0.4) is 0 Å². The first kappa shape index (κ1) is 14.4. The quantitative estimate of drug-likeness (QED) is 0.782. The Bertz CT molecular complexity index is 360. The molecule has 1 amide bonds. The Labute approximate surface area is 108 Å². The van der Waals surface area contributed by atoms with Crippen molar-refractivity contribution in [2.24, 2.45) is 0 Å². The van der Waals surface area contributed by atoms with Crippen LogP contribution in [0, 0.1) is 0 Å². The molecule has 0 saturated heterocycles. The maximum Gasteiger partial charge on any atom is 0.407 e. The summed E-state index contributed by atoms with van der Waals surface area (Å²) in [5.41, 5.74) is 0.719. The van der Waals surface area contributed by atoms with Crippen LogP contribution in [0.5, 0.6) is 0 Å². The Balaban J connectivity index is 2.07. The molecule has 0 aliphatic heterocycles. The molecule has 1 rings (SSSR count). The Morgan fingerprint density at radius 2 is 1.94 bits per heavy atom. The van der Waals surface area contributed by atoms with E-state index < -0.39 is 5.60 Å². The molecule has 5 heteroatoms. The van der Waals surface area contributed by atoms with Crippen LogP contribution in [0.4, 0.5) is 4.79 Å². The van der Waals surface area contributed by atoms with Gasteiger partial charge in [0.15, 0.2) is 0 Å². The number of hydrogen-bond donors (Lipinski definition) is 2. The van der Waals surface area contributed by atoms with E-state index in [-0.39, 0.29) is 6.09 Å². The summed E-state index contributed by atoms with van der Waals surface area (Å²) in [6.07, 6.45) is 3.14. The lowest BCUT2D eigenvalue weighted by atomic mass is 10.2. The Morgan fingerprint density at radius 1 is 1.28 bits per heavy atom. The van der Waals surface area contributed by atoms with Crippen LogP contribution in [-0.4, -0.2) is 29.8 Å². The Hall–Kier alpha value is -1.62. The van der Waals surface area contributed by atoms with Crippen LogP contribution in [0.25, 0.3) is 0 Å². The number of pyridine rings is 1. The minimum Gasteiger partial charge on any atom is -0.444 e. The van der Waals surface area contributed by atoms with Crippen molar-refractivity contribution in [3.63, 3.8) is 0 Å². The number of alkyl carbamates (subject to hydrolysis) is 1. The molecule has 0 aliphatic carbocycles. The van der Waals surface area contributed by atoms with E-state index in [0.717, 1.165) is 6.54 Å². The van der Waals surface area contributed by atoms with Gasteiger partial charge in [-0.25, -0.2) is 4.79 Å². The number of hydrogen-bond acceptors (Lipinski definition) is 4. The van der Waals surface area contributed by atoms with Gasteiger partial charge in [-0.1, -0.05) is 0 Å². The summed E-state index contributed by atoms with van der Waals surface area (Å²) in [5, 5.41) is 5.91. The van der Waals surface area contributed by atoms with Gasteiger partial charge < -0.3 is 15.4 Å². The van der Waals surface area contributed by atoms with Crippen LogP contribution in [0.2, 0.25) is 0 Å². The molecule has 1 aromatic heterocycles. The van der Waals surface area contributed by atoms with Crippen molar-refractivity contribution in [1.29, 1.82) is 0 Å². The monoisotopic (exact) mass is 251 g/mol. The standard InChI is InChI=1S/C13H21N3O2/c1-13(2,3)18-12(17)16-9-8-15-10-11-4-6-14-7-5-11/h4-7,15H,8-10H2,1-3H3,(H,16,17). The molecule has 1 heterocycles. The van der Waals surface area contributed by atoms with Crippen molar-refractivity contribution < 1.29 is 9.53 Å². The number of carbonyl (C=O) groups excluding carboxylic acids is 1. The highest BCUT2D eigenvalue weighted by Crippen LogP contribution is 2.05. The van der Waals surface area contributed by atoms with Gasteiger partial charge in [0.05, 0.1) is 0 Å². The number of carbonyl (C=O) groups is 1. The molecule has 0 bridgehead atoms. The molecule has 18 heavy (non-hydrogen) atoms. The topological polar surface area (TPSA) is 63.2 Å². The van der Waals surface area contributed by atoms with Gasteiger partial charge in [-0.15, -0.1) is 0 Å². The van der Waals surface area contributed by atoms with Crippen molar-refractivity contribution in [2.45, 2.75) is 32.9 Å². The van der Waals surface area contributed by atoms with Crippen LogP contribution < -0.4 is 10.6 Å². The zero-order chi connectivity index (χ0) is 13.4. The molecule has 1 aromatic rings. The number of nitrogens with one attached hydrogen (secondary N) is 2. The fourth-order valence-electron chi connectivity index (χ4n) is 1.30. The summed E-state index contributed by atoms with van der Waals surface area (Å²) in [6, 6.07) is 3.91. The van der Waals surface area contributed by atoms with Crippen LogP contribution in [0.1, 0.15) is 26.3 Å². The van der Waals surface area contributed by atoms with E-state index in [1.807, 2.05) is 32.9 Å². The fraction of sp³-hybridized carbons (Fsp3) is 0.538. The maximum atomic E-state index is 11.3. The van der Waals surface area contributed by atoms with Gasteiger partial charge in [0.25, 0.3) is 0 Å². The lowest BCUT2D eigenvalue weighted by Crippen LogP contribution is -2.36. The maximum absolute atomic E-state index is 11.3. The highest BCUT2D eigenvalue weighted by Gasteiger charge is 2.15. The van der Waals surface area contributed by atoms with Gasteiger partial charge in [-0.05, 0) is 38.5 Å². The molecule has 0 aliphatic rings. The molecular weight excluding hydrogens is 230 g/mol. The van der Waals surface area contributed by atoms with E-state index in [9.17, 15) is 4.79 Å². The second kappa shape index (κ2) is 6.96. The molecular formula is C13H21N3O2. The van der Waals surface area contributed by atoms with Crippen molar-refractivity contribution in [1.82, 2.24) is 15.6 Å². The molecule has 0 unspecified atom stereocenters. The first-order valence-corrected chi connectivity index (χ1v) is 6.04. The smallest absolute Gasteiger partial charge is 0.407 e. The van der Waals surface area contributed by atoms with E-state index in [4.69, 9.17) is 4.74 Å². The van der Waals surface area contributed by atoms with E-state index in [1.54, 1.807) is 12.4 Å². The van der Waals surface area contributed by atoms with Gasteiger partial charge in [0.1, 0.15) is 5.60 Å². The van der Waals surface area contributed by atoms with Gasteiger partial charge in [0.2, 0.25) is 0 Å². The average Bonchev–Trinajstić information content (AvgIpc) is 2.27. The molecule has 100 valence electrons. The number of ether oxygens (including phenoxy) is 1. The molecule has 2 N–H and O–H groups in total. The first-order valence-electron chi connectivity index (χ1n) is 6.04. The largest absolute Gasteiger partial charge is 0.444 e. The predicted molar refractivity (Wildman–Crippen MR) is 70.2 cm³/mol. The van der Waals surface area contributed by atoms with Crippen LogP contribution in [0.15, 0.2) is 24.5 Å². The van der Waals surface area contributed by atoms with Crippen LogP contribution >= 0.6 is 0 Å². The summed E-state index contributed by atoms with van der Waals surface area (Å²) in [6.45, 7) is 7.52. The summed E-state index contributed by atoms with van der Waals surface area (Å²) in [4.78, 5) is 15.3. The highest BCUT2D eigenvalue weighted by molar-refractivity contribution is 5.67. The third kappa shape index (κ3) is 6.85. The first-order chi connectivity index (χ1) is 8.47. The molecule has 0 radical (unpaired) electrons. The average molecular weight is 251 g/mol. The van der Waals surface area contributed by atoms with Gasteiger partial charge in [-0.2, -0.15) is 0 Å². The Kier molecular flexibility index (Phi) is 5.58. The SMILES string of the molecule is CC(C)(C)OC(=O)NCCNCc1ccncc1. The predicted octanol–water partition coefficient (Wildman–Crippen LogP) is 1.70. The highest BCUT2D eigenvalue weighted by atomic mass is 16.6. The minimum absolute atomic E-state index is 0.381. The zero-order valence-electron chi connectivity index (χ0n) is 11.2. The van der Waals surface area contributed by atoms with Crippen molar-refractivity contribution in [3.05, 3.63) is 30.1 Å². The van der Waals surface area contributed by atoms with E-state index in [0.29, 0.717) is 13.1 Å². The summed E-state index contributed by atoms with van der Waals surface area (Å²) < 4.78 is 5.12. The second-order valence-electron chi connectivity index (χ2n) is 4.96. The molecule has 0 saturated carbocycles. The lowest BCUT2D eigenvalue weighted by molar-refractivity contribution is 0.0528. The van der Waals surface area contributed by atoms with Crippen molar-refractivity contribution in [2.75, 3.05) is 13.1 Å². The zero-order valence-corrected chi connectivity index (χ0v) is 11.2. The molecule has 0 spiro atoms. The number of nitrogens with zero attached hydrogens (tertiary/aromatic N) is 1. The fourth-order valence-corrected chi connectivity index (χ4v) is 1.30. The van der Waals surface area contributed by atoms with Crippen molar-refractivity contribution in [3.8, 4) is 0 Å². The molecule has 0 aromatic carbocycles. The third-order valence-corrected chi connectivity index (χ3v) is 2.05. The lowest BCUT2D eigenvalue weighted by Gasteiger charge is -2.19. The normalized spacial score (nSPS) is 11.1. The van der Waals surface area contributed by atoms with E-state index >= 15 is 0 Å². The second-order valence-corrected chi connectivity index (χ2v) is 4.96. The van der Waals surface area contributed by atoms with E-state index in [2.05, 4.69) is 15.6 Å². The minimum atomic E-state index is -0.450. The number of rotatable bonds is 5. The molecule has 0 atom stereocenters. The third-order valence-electron chi connectivity index (χ3n) is 2.05. The van der Waals surface area contributed by atoms with E-state index in [1.165, 1.54) is 5.56 Å². The summed E-state index contributed by atoms with van der Waals surface area (Å²) in [5.74, 6) is 0. The van der Waals surface area contributed by atoms with Crippen molar-refractivity contribution >= 4 is 6.09 Å².